The van der Waals surface area contributed by atoms with Gasteiger partial charge in [-0.1, -0.05) is 56.2 Å². The maximum absolute atomic E-state index is 7.03. The summed E-state index contributed by atoms with van der Waals surface area (Å²) in [7, 11) is 1.66. The third-order valence-electron chi connectivity index (χ3n) is 5.66. The van der Waals surface area contributed by atoms with Crippen molar-refractivity contribution in [3.05, 3.63) is 42.5 Å². The number of benzene rings is 1. The van der Waals surface area contributed by atoms with Crippen molar-refractivity contribution in [2.45, 2.75) is 76.5 Å². The number of hydrogen-bond acceptors (Lipinski definition) is 3. The third kappa shape index (κ3) is 6.02. The van der Waals surface area contributed by atoms with Crippen LogP contribution in [0.25, 0.3) is 5.57 Å². The van der Waals surface area contributed by atoms with Gasteiger partial charge in [-0.2, -0.15) is 0 Å². The topological polar surface area (TPSA) is 27.7 Å². The maximum atomic E-state index is 7.03. The zero-order chi connectivity index (χ0) is 19.9. The molecule has 152 valence electrons. The summed E-state index contributed by atoms with van der Waals surface area (Å²) in [5.74, 6) is 0.437. The molecule has 0 aliphatic heterocycles. The van der Waals surface area contributed by atoms with Crippen LogP contribution in [0.2, 0.25) is 19.6 Å². The summed E-state index contributed by atoms with van der Waals surface area (Å²) in [5, 5.41) is 0. The van der Waals surface area contributed by atoms with E-state index in [2.05, 4.69) is 56.6 Å². The monoisotopic (exact) mass is 390 g/mol. The molecule has 4 heteroatoms. The quantitative estimate of drug-likeness (QED) is 0.282. The lowest BCUT2D eigenvalue weighted by atomic mass is 9.73. The lowest BCUT2D eigenvalue weighted by molar-refractivity contribution is -0.111. The molecule has 1 fully saturated rings. The van der Waals surface area contributed by atoms with Gasteiger partial charge < -0.3 is 13.9 Å². The van der Waals surface area contributed by atoms with Gasteiger partial charge in [0.1, 0.15) is 0 Å². The lowest BCUT2D eigenvalue weighted by Gasteiger charge is -2.46. The molecule has 1 aromatic carbocycles. The smallest absolute Gasteiger partial charge is 0.184 e. The van der Waals surface area contributed by atoms with E-state index in [0.717, 1.165) is 24.8 Å². The van der Waals surface area contributed by atoms with Crippen LogP contribution < -0.4 is 0 Å². The van der Waals surface area contributed by atoms with Gasteiger partial charge in [-0.25, -0.2) is 0 Å². The summed E-state index contributed by atoms with van der Waals surface area (Å²) >= 11 is 0. The Hall–Kier alpha value is -0.943. The van der Waals surface area contributed by atoms with Crippen molar-refractivity contribution in [2.24, 2.45) is 5.92 Å². The fourth-order valence-corrected chi connectivity index (χ4v) is 5.95. The van der Waals surface area contributed by atoms with Crippen molar-refractivity contribution in [1.82, 2.24) is 0 Å². The molecule has 0 bridgehead atoms. The molecule has 1 saturated carbocycles. The Balaban J connectivity index is 2.39. The van der Waals surface area contributed by atoms with E-state index < -0.39 is 8.32 Å². The fraction of sp³-hybridized carbons (Fsp3) is 0.652. The highest BCUT2D eigenvalue weighted by atomic mass is 28.4. The molecule has 0 amide bonds. The average Bonchev–Trinajstić information content (AvgIpc) is 2.84. The molecular weight excluding hydrogens is 352 g/mol. The molecule has 0 saturated heterocycles. The number of ether oxygens (including phenoxy) is 2. The zero-order valence-corrected chi connectivity index (χ0v) is 18.9. The highest BCUT2D eigenvalue weighted by molar-refractivity contribution is 6.69. The van der Waals surface area contributed by atoms with Gasteiger partial charge in [-0.15, -0.1) is 0 Å². The van der Waals surface area contributed by atoms with Gasteiger partial charge in [-0.05, 0) is 62.4 Å². The second-order valence-electron chi connectivity index (χ2n) is 8.72. The Morgan fingerprint density at radius 2 is 1.78 bits per heavy atom. The largest absolute Gasteiger partial charge is 0.408 e. The first-order valence-corrected chi connectivity index (χ1v) is 13.7. The maximum Gasteiger partial charge on any atom is 0.184 e. The molecule has 27 heavy (non-hydrogen) atoms. The predicted octanol–water partition coefficient (Wildman–Crippen LogP) is 6.27. The van der Waals surface area contributed by atoms with E-state index in [0.29, 0.717) is 5.92 Å². The molecule has 3 nitrogen and oxygen atoms in total. The second kappa shape index (κ2) is 10.0. The Morgan fingerprint density at radius 3 is 2.37 bits per heavy atom. The summed E-state index contributed by atoms with van der Waals surface area (Å²) in [6.07, 6.45) is 7.73. The molecule has 0 heterocycles. The highest BCUT2D eigenvalue weighted by Gasteiger charge is 2.45. The van der Waals surface area contributed by atoms with Crippen molar-refractivity contribution < 1.29 is 13.9 Å². The van der Waals surface area contributed by atoms with Crippen molar-refractivity contribution >= 4 is 13.9 Å². The molecule has 0 spiro atoms. The van der Waals surface area contributed by atoms with Crippen LogP contribution in [0.1, 0.15) is 50.5 Å². The Morgan fingerprint density at radius 1 is 1.11 bits per heavy atom. The summed E-state index contributed by atoms with van der Waals surface area (Å²) in [4.78, 5) is 0. The third-order valence-corrected chi connectivity index (χ3v) is 6.63. The van der Waals surface area contributed by atoms with E-state index in [9.17, 15) is 0 Å². The zero-order valence-electron chi connectivity index (χ0n) is 17.9. The second-order valence-corrected chi connectivity index (χ2v) is 13.2. The van der Waals surface area contributed by atoms with Gasteiger partial charge in [0.2, 0.25) is 0 Å². The van der Waals surface area contributed by atoms with Crippen LogP contribution in [-0.4, -0.2) is 34.4 Å². The van der Waals surface area contributed by atoms with Crippen LogP contribution in [-0.2, 0) is 13.9 Å². The number of methoxy groups -OCH3 is 2. The van der Waals surface area contributed by atoms with Gasteiger partial charge in [0, 0.05) is 14.2 Å². The van der Waals surface area contributed by atoms with Crippen LogP contribution in [0.5, 0.6) is 0 Å². The lowest BCUT2D eigenvalue weighted by Crippen LogP contribution is -2.48. The molecule has 0 aromatic heterocycles. The minimum Gasteiger partial charge on any atom is -0.408 e. The van der Waals surface area contributed by atoms with Crippen LogP contribution >= 0.6 is 0 Å². The van der Waals surface area contributed by atoms with Crippen LogP contribution in [0.4, 0.5) is 0 Å². The molecule has 0 unspecified atom stereocenters. The van der Waals surface area contributed by atoms with E-state index in [-0.39, 0.29) is 11.9 Å². The standard InChI is InChI=1S/C23H38O3Si/c1-19(20-13-9-7-10-14-20)23(26-27(4,5)6)18-12-8-11-15-21(23)16-17-22(24-2)25-3/h7,9-10,13-14,21-22H,1,8,11-12,15-18H2,2-6H3/t21-,23+/m0/s1. The normalized spacial score (nSPS) is 24.0. The van der Waals surface area contributed by atoms with Crippen molar-refractivity contribution in [2.75, 3.05) is 14.2 Å². The van der Waals surface area contributed by atoms with Crippen LogP contribution in [0.3, 0.4) is 0 Å². The van der Waals surface area contributed by atoms with E-state index in [4.69, 9.17) is 13.9 Å². The fourth-order valence-electron chi connectivity index (χ4n) is 4.46. The highest BCUT2D eigenvalue weighted by Crippen LogP contribution is 2.47. The molecule has 1 aliphatic carbocycles. The number of rotatable bonds is 9. The Bertz CT molecular complexity index is 577. The van der Waals surface area contributed by atoms with Crippen molar-refractivity contribution in [1.29, 1.82) is 0 Å². The Labute approximate surface area is 167 Å². The molecule has 1 aliphatic rings. The molecule has 1 aromatic rings. The van der Waals surface area contributed by atoms with Gasteiger partial charge in [0.25, 0.3) is 0 Å². The SMILES string of the molecule is C=C(c1ccccc1)[C@]1(O[Si](C)(C)C)CCCCC[C@H]1CCC(OC)OC. The summed E-state index contributed by atoms with van der Waals surface area (Å²) in [6.45, 7) is 11.5. The predicted molar refractivity (Wildman–Crippen MR) is 116 cm³/mol. The van der Waals surface area contributed by atoms with E-state index in [1.807, 2.05) is 0 Å². The van der Waals surface area contributed by atoms with Gasteiger partial charge in [0.05, 0.1) is 5.60 Å². The van der Waals surface area contributed by atoms with E-state index in [1.165, 1.54) is 31.2 Å². The minimum absolute atomic E-state index is 0.150. The van der Waals surface area contributed by atoms with Crippen molar-refractivity contribution in [3.8, 4) is 0 Å². The van der Waals surface area contributed by atoms with Gasteiger partial charge in [-0.3, -0.25) is 0 Å². The molecule has 2 atom stereocenters. The van der Waals surface area contributed by atoms with E-state index in [1.54, 1.807) is 14.2 Å². The first kappa shape index (κ1) is 22.3. The molecule has 0 radical (unpaired) electrons. The molecule has 0 N–H and O–H groups in total. The summed E-state index contributed by atoms with van der Waals surface area (Å²) < 4.78 is 18.0. The summed E-state index contributed by atoms with van der Waals surface area (Å²) in [6, 6.07) is 10.6. The first-order valence-electron chi connectivity index (χ1n) is 10.3. The van der Waals surface area contributed by atoms with Gasteiger partial charge >= 0.3 is 0 Å². The molecule has 2 rings (SSSR count). The van der Waals surface area contributed by atoms with Gasteiger partial charge in [0.15, 0.2) is 14.6 Å². The summed E-state index contributed by atoms with van der Waals surface area (Å²) in [5.41, 5.74) is 2.08. The minimum atomic E-state index is -1.77. The number of hydrogen-bond donors (Lipinski definition) is 0. The van der Waals surface area contributed by atoms with Crippen LogP contribution in [0, 0.1) is 5.92 Å². The van der Waals surface area contributed by atoms with Crippen LogP contribution in [0.15, 0.2) is 36.9 Å². The van der Waals surface area contributed by atoms with Crippen molar-refractivity contribution in [3.63, 3.8) is 0 Å². The molecular formula is C23H38O3Si. The average molecular weight is 391 g/mol. The van der Waals surface area contributed by atoms with E-state index >= 15 is 0 Å². The first-order chi connectivity index (χ1) is 12.8. The Kier molecular flexibility index (Phi) is 8.29.